The van der Waals surface area contributed by atoms with Gasteiger partial charge in [-0.25, -0.2) is 0 Å². The van der Waals surface area contributed by atoms with E-state index in [1.54, 1.807) is 20.4 Å². The van der Waals surface area contributed by atoms with Gasteiger partial charge in [-0.15, -0.1) is 0 Å². The molecule has 0 heterocycles. The first-order chi connectivity index (χ1) is 11.6. The zero-order chi connectivity index (χ0) is 17.5. The van der Waals surface area contributed by atoms with E-state index in [0.717, 1.165) is 23.4 Å². The van der Waals surface area contributed by atoms with Gasteiger partial charge in [-0.2, -0.15) is 0 Å². The van der Waals surface area contributed by atoms with Crippen molar-refractivity contribution in [3.8, 4) is 17.2 Å². The fourth-order valence-corrected chi connectivity index (χ4v) is 2.32. The summed E-state index contributed by atoms with van der Waals surface area (Å²) in [5.41, 5.74) is 1.63. The number of ether oxygens (including phenoxy) is 3. The molecule has 0 spiro atoms. The van der Waals surface area contributed by atoms with E-state index in [1.807, 2.05) is 43.3 Å². The second kappa shape index (κ2) is 8.60. The minimum absolute atomic E-state index is 0.0627. The van der Waals surface area contributed by atoms with Gasteiger partial charge in [0, 0.05) is 12.3 Å². The van der Waals surface area contributed by atoms with Crippen molar-refractivity contribution in [2.75, 3.05) is 14.2 Å². The van der Waals surface area contributed by atoms with E-state index < -0.39 is 0 Å². The molecule has 1 atom stereocenters. The summed E-state index contributed by atoms with van der Waals surface area (Å²) in [6, 6.07) is 11.2. The highest BCUT2D eigenvalue weighted by Gasteiger charge is 2.13. The lowest BCUT2D eigenvalue weighted by Crippen LogP contribution is -2.11. The molecule has 0 N–H and O–H groups in total. The van der Waals surface area contributed by atoms with Gasteiger partial charge in [0.05, 0.1) is 31.0 Å². The largest absolute Gasteiger partial charge is 0.497 e. The normalized spacial score (nSPS) is 12.2. The monoisotopic (exact) mass is 347 g/mol. The van der Waals surface area contributed by atoms with Crippen LogP contribution in [0.5, 0.6) is 17.2 Å². The smallest absolute Gasteiger partial charge is 0.180 e. The van der Waals surface area contributed by atoms with Gasteiger partial charge in [0.2, 0.25) is 0 Å². The maximum atomic E-state index is 6.36. The molecule has 0 unspecified atom stereocenters. The Morgan fingerprint density at radius 2 is 1.96 bits per heavy atom. The number of halogens is 1. The molecule has 0 fully saturated rings. The summed E-state index contributed by atoms with van der Waals surface area (Å²) in [6.45, 7) is 4.05. The fraction of sp³-hybridized carbons (Fsp3) is 0.316. The van der Waals surface area contributed by atoms with Crippen molar-refractivity contribution < 1.29 is 14.2 Å². The third-order valence-corrected chi connectivity index (χ3v) is 3.84. The Morgan fingerprint density at radius 1 is 1.17 bits per heavy atom. The minimum Gasteiger partial charge on any atom is -0.497 e. The second-order valence-corrected chi connectivity index (χ2v) is 5.74. The zero-order valence-corrected chi connectivity index (χ0v) is 15.1. The number of aliphatic imine (C=N–C) groups is 1. The summed E-state index contributed by atoms with van der Waals surface area (Å²) < 4.78 is 16.5. The van der Waals surface area contributed by atoms with Crippen LogP contribution in [-0.2, 0) is 0 Å². The molecule has 0 saturated carbocycles. The maximum Gasteiger partial charge on any atom is 0.180 e. The summed E-state index contributed by atoms with van der Waals surface area (Å²) in [4.78, 5) is 4.45. The number of methoxy groups -OCH3 is 2. The summed E-state index contributed by atoms with van der Waals surface area (Å²) in [5.74, 6) is 1.92. The molecule has 128 valence electrons. The highest BCUT2D eigenvalue weighted by molar-refractivity contribution is 6.32. The van der Waals surface area contributed by atoms with Crippen molar-refractivity contribution in [3.63, 3.8) is 0 Å². The molecule has 0 saturated heterocycles. The van der Waals surface area contributed by atoms with E-state index in [9.17, 15) is 0 Å². The molecular formula is C19H22ClNO3. The van der Waals surface area contributed by atoms with Gasteiger partial charge < -0.3 is 14.2 Å². The lowest BCUT2D eigenvalue weighted by atomic mass is 10.2. The van der Waals surface area contributed by atoms with Crippen molar-refractivity contribution in [1.82, 2.24) is 0 Å². The molecule has 5 heteroatoms. The van der Waals surface area contributed by atoms with E-state index >= 15 is 0 Å². The zero-order valence-electron chi connectivity index (χ0n) is 14.4. The number of nitrogens with zero attached hydrogens (tertiary/aromatic N) is 1. The van der Waals surface area contributed by atoms with Crippen molar-refractivity contribution in [1.29, 1.82) is 0 Å². The number of hydrogen-bond donors (Lipinski definition) is 0. The third kappa shape index (κ3) is 4.65. The second-order valence-electron chi connectivity index (χ2n) is 5.33. The summed E-state index contributed by atoms with van der Waals surface area (Å²) in [6.07, 6.45) is 2.68. The van der Waals surface area contributed by atoms with Crippen LogP contribution < -0.4 is 14.2 Å². The predicted octanol–water partition coefficient (Wildman–Crippen LogP) is 5.29. The number of hydrogen-bond acceptors (Lipinski definition) is 4. The summed E-state index contributed by atoms with van der Waals surface area (Å²) in [5, 5.41) is 0.502. The highest BCUT2D eigenvalue weighted by atomic mass is 35.5. The van der Waals surface area contributed by atoms with Crippen molar-refractivity contribution in [3.05, 3.63) is 47.0 Å². The lowest BCUT2D eigenvalue weighted by molar-refractivity contribution is 0.208. The Labute approximate surface area is 148 Å². The van der Waals surface area contributed by atoms with Gasteiger partial charge in [0.1, 0.15) is 5.75 Å². The molecule has 2 rings (SSSR count). The third-order valence-electron chi connectivity index (χ3n) is 3.56. The standard InChI is InChI=1S/C19H22ClNO3/c1-5-13(2)24-19-17(20)9-14(10-18(19)23-4)12-21-15-7-6-8-16(11-15)22-3/h6-13H,5H2,1-4H3/t13-/m1/s1. The summed E-state index contributed by atoms with van der Waals surface area (Å²) >= 11 is 6.36. The lowest BCUT2D eigenvalue weighted by Gasteiger charge is -2.17. The van der Waals surface area contributed by atoms with E-state index in [4.69, 9.17) is 25.8 Å². The summed E-state index contributed by atoms with van der Waals surface area (Å²) in [7, 11) is 3.22. The molecule has 4 nitrogen and oxygen atoms in total. The number of rotatable bonds is 7. The van der Waals surface area contributed by atoms with E-state index in [0.29, 0.717) is 16.5 Å². The van der Waals surface area contributed by atoms with Crippen LogP contribution in [-0.4, -0.2) is 26.5 Å². The first-order valence-electron chi connectivity index (χ1n) is 7.79. The van der Waals surface area contributed by atoms with E-state index in [-0.39, 0.29) is 6.10 Å². The molecule has 24 heavy (non-hydrogen) atoms. The average molecular weight is 348 g/mol. The van der Waals surface area contributed by atoms with Gasteiger partial charge >= 0.3 is 0 Å². The Hall–Kier alpha value is -2.20. The molecule has 0 aliphatic rings. The van der Waals surface area contributed by atoms with Crippen LogP contribution >= 0.6 is 11.6 Å². The van der Waals surface area contributed by atoms with Crippen molar-refractivity contribution in [2.24, 2.45) is 4.99 Å². The molecular weight excluding hydrogens is 326 g/mol. The van der Waals surface area contributed by atoms with Crippen LogP contribution in [0.15, 0.2) is 41.4 Å². The molecule has 0 aliphatic heterocycles. The van der Waals surface area contributed by atoms with Crippen LogP contribution in [0, 0.1) is 0 Å². The topological polar surface area (TPSA) is 40.0 Å². The Morgan fingerprint density at radius 3 is 2.62 bits per heavy atom. The van der Waals surface area contributed by atoms with Crippen LogP contribution in [0.2, 0.25) is 5.02 Å². The first kappa shape index (κ1) is 18.1. The molecule has 0 bridgehead atoms. The Kier molecular flexibility index (Phi) is 6.50. The van der Waals surface area contributed by atoms with E-state index in [1.165, 1.54) is 0 Å². The molecule has 0 aromatic heterocycles. The molecule has 2 aromatic rings. The van der Waals surface area contributed by atoms with Crippen molar-refractivity contribution in [2.45, 2.75) is 26.4 Å². The Bertz CT molecular complexity index is 716. The SMILES string of the molecule is CC[C@@H](C)Oc1c(Cl)cc(C=Nc2cccc(OC)c2)cc1OC. The molecule has 0 aliphatic carbocycles. The van der Waals surface area contributed by atoms with Gasteiger partial charge in [0.25, 0.3) is 0 Å². The molecule has 2 aromatic carbocycles. The molecule has 0 amide bonds. The maximum absolute atomic E-state index is 6.36. The van der Waals surface area contributed by atoms with Gasteiger partial charge in [-0.05, 0) is 43.2 Å². The van der Waals surface area contributed by atoms with Crippen LogP contribution in [0.3, 0.4) is 0 Å². The first-order valence-corrected chi connectivity index (χ1v) is 8.17. The van der Waals surface area contributed by atoms with Gasteiger partial charge in [-0.1, -0.05) is 24.6 Å². The minimum atomic E-state index is 0.0627. The van der Waals surface area contributed by atoms with Crippen molar-refractivity contribution >= 4 is 23.5 Å². The average Bonchev–Trinajstić information content (AvgIpc) is 2.61. The van der Waals surface area contributed by atoms with Crippen LogP contribution in [0.25, 0.3) is 0 Å². The predicted molar refractivity (Wildman–Crippen MR) is 98.6 cm³/mol. The molecule has 0 radical (unpaired) electrons. The van der Waals surface area contributed by atoms with Crippen LogP contribution in [0.4, 0.5) is 5.69 Å². The van der Waals surface area contributed by atoms with Gasteiger partial charge in [0.15, 0.2) is 11.5 Å². The highest BCUT2D eigenvalue weighted by Crippen LogP contribution is 2.37. The van der Waals surface area contributed by atoms with E-state index in [2.05, 4.69) is 11.9 Å². The number of benzene rings is 2. The quantitative estimate of drug-likeness (QED) is 0.639. The van der Waals surface area contributed by atoms with Gasteiger partial charge in [-0.3, -0.25) is 4.99 Å². The fourth-order valence-electron chi connectivity index (χ4n) is 2.05. The Balaban J connectivity index is 2.27. The van der Waals surface area contributed by atoms with Crippen LogP contribution in [0.1, 0.15) is 25.8 Å².